The van der Waals surface area contributed by atoms with Crippen LogP contribution in [0.15, 0.2) is 22.7 Å². The molecule has 90 valence electrons. The predicted octanol–water partition coefficient (Wildman–Crippen LogP) is 5.09. The van der Waals surface area contributed by atoms with Crippen LogP contribution in [0.4, 0.5) is 4.39 Å². The molecule has 0 aliphatic carbocycles. The molecular weight excluding hydrogens is 287 g/mol. The summed E-state index contributed by atoms with van der Waals surface area (Å²) in [6.07, 6.45) is 1.45. The van der Waals surface area contributed by atoms with E-state index in [1.165, 1.54) is 18.3 Å². The lowest BCUT2D eigenvalue weighted by Gasteiger charge is -2.02. The first-order chi connectivity index (χ1) is 7.99. The maximum absolute atomic E-state index is 13.3. The SMILES string of the molecule is CC(Cl)c1ncc(-c2cc(F)c(Cl)cc2Cl)o1. The highest BCUT2D eigenvalue weighted by molar-refractivity contribution is 6.36. The summed E-state index contributed by atoms with van der Waals surface area (Å²) >= 11 is 17.4. The lowest BCUT2D eigenvalue weighted by molar-refractivity contribution is 0.507. The molecule has 1 unspecified atom stereocenters. The van der Waals surface area contributed by atoms with E-state index in [1.807, 2.05) is 0 Å². The van der Waals surface area contributed by atoms with E-state index in [-0.39, 0.29) is 10.4 Å². The zero-order valence-corrected chi connectivity index (χ0v) is 10.9. The molecule has 0 fully saturated rings. The molecule has 17 heavy (non-hydrogen) atoms. The lowest BCUT2D eigenvalue weighted by Crippen LogP contribution is -1.83. The van der Waals surface area contributed by atoms with Crippen LogP contribution >= 0.6 is 34.8 Å². The van der Waals surface area contributed by atoms with Gasteiger partial charge in [0.1, 0.15) is 11.2 Å². The highest BCUT2D eigenvalue weighted by Gasteiger charge is 2.15. The van der Waals surface area contributed by atoms with Gasteiger partial charge in [-0.15, -0.1) is 11.6 Å². The van der Waals surface area contributed by atoms with Crippen LogP contribution < -0.4 is 0 Å². The maximum Gasteiger partial charge on any atom is 0.212 e. The normalized spacial score (nSPS) is 12.8. The highest BCUT2D eigenvalue weighted by Crippen LogP contribution is 2.33. The van der Waals surface area contributed by atoms with Crippen molar-refractivity contribution in [3.63, 3.8) is 0 Å². The number of rotatable bonds is 2. The number of benzene rings is 1. The number of aromatic nitrogens is 1. The second-order valence-corrected chi connectivity index (χ2v) is 4.89. The van der Waals surface area contributed by atoms with E-state index in [0.29, 0.717) is 22.2 Å². The van der Waals surface area contributed by atoms with Crippen molar-refractivity contribution in [2.75, 3.05) is 0 Å². The summed E-state index contributed by atoms with van der Waals surface area (Å²) in [5.74, 6) is 0.143. The van der Waals surface area contributed by atoms with Gasteiger partial charge in [0.15, 0.2) is 5.76 Å². The fraction of sp³-hybridized carbons (Fsp3) is 0.182. The van der Waals surface area contributed by atoms with E-state index < -0.39 is 5.82 Å². The van der Waals surface area contributed by atoms with Gasteiger partial charge in [0.05, 0.1) is 16.2 Å². The second-order valence-electron chi connectivity index (χ2n) is 3.42. The summed E-state index contributed by atoms with van der Waals surface area (Å²) in [6, 6.07) is 2.52. The highest BCUT2D eigenvalue weighted by atomic mass is 35.5. The van der Waals surface area contributed by atoms with Crippen molar-refractivity contribution in [3.8, 4) is 11.3 Å². The van der Waals surface area contributed by atoms with Gasteiger partial charge in [-0.2, -0.15) is 0 Å². The third kappa shape index (κ3) is 2.57. The topological polar surface area (TPSA) is 26.0 Å². The fourth-order valence-electron chi connectivity index (χ4n) is 1.31. The molecule has 1 heterocycles. The Morgan fingerprint density at radius 1 is 1.29 bits per heavy atom. The third-order valence-corrected chi connectivity index (χ3v) is 2.93. The Morgan fingerprint density at radius 2 is 2.00 bits per heavy atom. The number of hydrogen-bond donors (Lipinski definition) is 0. The second kappa shape index (κ2) is 4.84. The molecule has 6 heteroatoms. The molecule has 1 aromatic carbocycles. The summed E-state index contributed by atoms with van der Waals surface area (Å²) in [4.78, 5) is 3.97. The number of alkyl halides is 1. The third-order valence-electron chi connectivity index (χ3n) is 2.14. The van der Waals surface area contributed by atoms with E-state index in [9.17, 15) is 4.39 Å². The predicted molar refractivity (Wildman–Crippen MR) is 66.2 cm³/mol. The van der Waals surface area contributed by atoms with Gasteiger partial charge in [-0.3, -0.25) is 0 Å². The molecule has 0 saturated heterocycles. The number of hydrogen-bond acceptors (Lipinski definition) is 2. The van der Waals surface area contributed by atoms with Crippen molar-refractivity contribution in [2.45, 2.75) is 12.3 Å². The van der Waals surface area contributed by atoms with Gasteiger partial charge >= 0.3 is 0 Å². The minimum absolute atomic E-state index is 0.0378. The van der Waals surface area contributed by atoms with Crippen LogP contribution in [0.5, 0.6) is 0 Å². The van der Waals surface area contributed by atoms with Gasteiger partial charge in [0.2, 0.25) is 5.89 Å². The Kier molecular flexibility index (Phi) is 3.61. The maximum atomic E-state index is 13.3. The van der Waals surface area contributed by atoms with Gasteiger partial charge < -0.3 is 4.42 Å². The summed E-state index contributed by atoms with van der Waals surface area (Å²) in [5, 5.41) is -0.106. The Balaban J connectivity index is 2.49. The number of halogens is 4. The van der Waals surface area contributed by atoms with E-state index in [2.05, 4.69) is 4.98 Å². The van der Waals surface area contributed by atoms with Crippen molar-refractivity contribution in [1.82, 2.24) is 4.98 Å². The molecule has 0 amide bonds. The molecule has 0 aliphatic rings. The van der Waals surface area contributed by atoms with Crippen LogP contribution in [0, 0.1) is 5.82 Å². The lowest BCUT2D eigenvalue weighted by atomic mass is 10.2. The fourth-order valence-corrected chi connectivity index (χ4v) is 1.88. The molecular formula is C11H7Cl3FNO. The monoisotopic (exact) mass is 293 g/mol. The number of oxazole rings is 1. The first-order valence-corrected chi connectivity index (χ1v) is 5.93. The van der Waals surface area contributed by atoms with Gasteiger partial charge in [-0.05, 0) is 19.1 Å². The summed E-state index contributed by atoms with van der Waals surface area (Å²) in [7, 11) is 0. The Morgan fingerprint density at radius 3 is 2.59 bits per heavy atom. The smallest absolute Gasteiger partial charge is 0.212 e. The largest absolute Gasteiger partial charge is 0.439 e. The van der Waals surface area contributed by atoms with Crippen molar-refractivity contribution in [3.05, 3.63) is 40.1 Å². The minimum atomic E-state index is -0.567. The summed E-state index contributed by atoms with van der Waals surface area (Å²) in [5.41, 5.74) is 0.393. The zero-order chi connectivity index (χ0) is 12.6. The molecule has 2 aromatic rings. The molecule has 1 aromatic heterocycles. The quantitative estimate of drug-likeness (QED) is 0.570. The molecule has 0 radical (unpaired) electrons. The van der Waals surface area contributed by atoms with Gasteiger partial charge in [0, 0.05) is 5.56 Å². The van der Waals surface area contributed by atoms with Crippen LogP contribution in [0.1, 0.15) is 18.2 Å². The zero-order valence-electron chi connectivity index (χ0n) is 8.68. The first kappa shape index (κ1) is 12.7. The number of nitrogens with zero attached hydrogens (tertiary/aromatic N) is 1. The molecule has 2 rings (SSSR count). The Labute approximate surface area is 112 Å². The Hall–Kier alpha value is -0.770. The van der Waals surface area contributed by atoms with Gasteiger partial charge in [-0.25, -0.2) is 9.37 Å². The van der Waals surface area contributed by atoms with Crippen LogP contribution in [0.2, 0.25) is 10.0 Å². The van der Waals surface area contributed by atoms with Crippen molar-refractivity contribution in [2.24, 2.45) is 0 Å². The molecule has 0 N–H and O–H groups in total. The van der Waals surface area contributed by atoms with E-state index in [0.717, 1.165) is 0 Å². The molecule has 0 saturated carbocycles. The van der Waals surface area contributed by atoms with Crippen LogP contribution in [0.25, 0.3) is 11.3 Å². The van der Waals surface area contributed by atoms with Gasteiger partial charge in [-0.1, -0.05) is 23.2 Å². The van der Waals surface area contributed by atoms with Crippen LogP contribution in [0.3, 0.4) is 0 Å². The first-order valence-electron chi connectivity index (χ1n) is 4.73. The molecule has 0 bridgehead atoms. The molecule has 0 spiro atoms. The molecule has 0 aliphatic heterocycles. The molecule has 1 atom stereocenters. The van der Waals surface area contributed by atoms with E-state index >= 15 is 0 Å². The van der Waals surface area contributed by atoms with Crippen molar-refractivity contribution < 1.29 is 8.81 Å². The van der Waals surface area contributed by atoms with E-state index in [1.54, 1.807) is 6.92 Å². The average molecular weight is 295 g/mol. The van der Waals surface area contributed by atoms with Crippen LogP contribution in [-0.4, -0.2) is 4.98 Å². The van der Waals surface area contributed by atoms with Crippen molar-refractivity contribution >= 4 is 34.8 Å². The minimum Gasteiger partial charge on any atom is -0.439 e. The summed E-state index contributed by atoms with van der Waals surface area (Å²) < 4.78 is 18.7. The standard InChI is InChI=1S/C11H7Cl3FNO/c1-5(12)11-16-4-10(17-11)6-2-9(15)8(14)3-7(6)13/h2-5H,1H3. The van der Waals surface area contributed by atoms with Crippen molar-refractivity contribution in [1.29, 1.82) is 0 Å². The Bertz CT molecular complexity index is 554. The molecule has 2 nitrogen and oxygen atoms in total. The summed E-state index contributed by atoms with van der Waals surface area (Å²) in [6.45, 7) is 1.72. The van der Waals surface area contributed by atoms with Gasteiger partial charge in [0.25, 0.3) is 0 Å². The average Bonchev–Trinajstić information content (AvgIpc) is 2.72. The van der Waals surface area contributed by atoms with E-state index in [4.69, 9.17) is 39.2 Å². The van der Waals surface area contributed by atoms with Crippen LogP contribution in [-0.2, 0) is 0 Å².